The molecule has 0 fully saturated rings. The highest BCUT2D eigenvalue weighted by atomic mass is 16.3. The van der Waals surface area contributed by atoms with Gasteiger partial charge in [0.1, 0.15) is 11.6 Å². The molecule has 168 valence electrons. The van der Waals surface area contributed by atoms with Crippen molar-refractivity contribution >= 4 is 17.7 Å². The van der Waals surface area contributed by atoms with Crippen molar-refractivity contribution in [2.45, 2.75) is 38.5 Å². The van der Waals surface area contributed by atoms with Crippen LogP contribution in [0.25, 0.3) is 11.3 Å². The van der Waals surface area contributed by atoms with Crippen LogP contribution in [0.2, 0.25) is 0 Å². The van der Waals surface area contributed by atoms with Gasteiger partial charge >= 0.3 is 6.03 Å². The van der Waals surface area contributed by atoms with Gasteiger partial charge in [0.25, 0.3) is 0 Å². The van der Waals surface area contributed by atoms with Crippen LogP contribution in [0.15, 0.2) is 60.8 Å². The topological polar surface area (TPSA) is 110 Å². The number of fused-ring (bicyclic) bond motifs is 1. The van der Waals surface area contributed by atoms with Crippen molar-refractivity contribution in [2.75, 3.05) is 23.4 Å². The Labute approximate surface area is 188 Å². The van der Waals surface area contributed by atoms with E-state index in [0.717, 1.165) is 61.2 Å². The quantitative estimate of drug-likeness (QED) is 0.571. The van der Waals surface area contributed by atoms with E-state index >= 15 is 0 Å². The van der Waals surface area contributed by atoms with Gasteiger partial charge in [-0.1, -0.05) is 30.3 Å². The largest absolute Gasteiger partial charge is 0.412 e. The van der Waals surface area contributed by atoms with Crippen LogP contribution in [0, 0.1) is 0 Å². The normalized spacial score (nSPS) is 13.0. The van der Waals surface area contributed by atoms with Crippen molar-refractivity contribution in [2.24, 2.45) is 0 Å². The van der Waals surface area contributed by atoms with Gasteiger partial charge in [-0.05, 0) is 73.9 Å². The number of carbonyl (C=O) groups is 1. The number of unbranched alkanes of at least 4 members (excludes halogenated alkanes) is 1. The summed E-state index contributed by atoms with van der Waals surface area (Å²) >= 11 is 0. The molecule has 2 amide bonds. The van der Waals surface area contributed by atoms with Crippen molar-refractivity contribution < 1.29 is 15.4 Å². The van der Waals surface area contributed by atoms with Gasteiger partial charge in [-0.3, -0.25) is 10.2 Å². The molecule has 1 aliphatic rings. The average Bonchev–Trinajstić information content (AvgIpc) is 3.02. The molecular formula is C25H30N4O3. The number of aryl methyl sites for hydroxylation is 2. The highest BCUT2D eigenvalue weighted by Gasteiger charge is 2.23. The number of aliphatic hydroxyl groups is 1. The Hall–Kier alpha value is -3.29. The third kappa shape index (κ3) is 5.69. The van der Waals surface area contributed by atoms with E-state index in [9.17, 15) is 4.79 Å². The molecule has 1 aromatic carbocycles. The standard InChI is InChI=1S/C25H28N4O2.H2O/c30-17-6-3-8-19-9-7-11-21(18-19)22-14-13-20-10-2-5-16-29(24(20)27-22)25(31)28-23-12-1-4-15-26-23;/h1,4,7,9,11-15,18,30H,2-3,5-6,8,10,16-17H2,(H,26,28,31);1H2. The summed E-state index contributed by atoms with van der Waals surface area (Å²) < 4.78 is 0. The minimum Gasteiger partial charge on any atom is -0.412 e. The van der Waals surface area contributed by atoms with E-state index in [1.165, 1.54) is 5.56 Å². The van der Waals surface area contributed by atoms with E-state index in [1.54, 1.807) is 17.2 Å². The van der Waals surface area contributed by atoms with Crippen LogP contribution in [0.4, 0.5) is 16.4 Å². The predicted molar refractivity (Wildman–Crippen MR) is 127 cm³/mol. The summed E-state index contributed by atoms with van der Waals surface area (Å²) in [6.45, 7) is 0.853. The predicted octanol–water partition coefficient (Wildman–Crippen LogP) is 4.01. The van der Waals surface area contributed by atoms with Crippen molar-refractivity contribution in [3.63, 3.8) is 0 Å². The molecule has 4 rings (SSSR count). The molecule has 0 aliphatic carbocycles. The number of nitrogens with zero attached hydrogens (tertiary/aromatic N) is 3. The summed E-state index contributed by atoms with van der Waals surface area (Å²) in [7, 11) is 0. The summed E-state index contributed by atoms with van der Waals surface area (Å²) in [5, 5.41) is 11.9. The van der Waals surface area contributed by atoms with Crippen LogP contribution >= 0.6 is 0 Å². The second kappa shape index (κ2) is 11.4. The number of aliphatic hydroxyl groups excluding tert-OH is 1. The Morgan fingerprint density at radius 3 is 2.78 bits per heavy atom. The number of carbonyl (C=O) groups excluding carboxylic acids is 1. The first-order chi connectivity index (χ1) is 15.2. The van der Waals surface area contributed by atoms with Crippen molar-refractivity contribution in [1.29, 1.82) is 0 Å². The molecule has 0 bridgehead atoms. The monoisotopic (exact) mass is 434 g/mol. The Bertz CT molecular complexity index is 1030. The van der Waals surface area contributed by atoms with E-state index in [-0.39, 0.29) is 18.1 Å². The third-order valence-corrected chi connectivity index (χ3v) is 5.53. The zero-order chi connectivity index (χ0) is 21.5. The molecule has 32 heavy (non-hydrogen) atoms. The number of hydrogen-bond donors (Lipinski definition) is 2. The average molecular weight is 435 g/mol. The van der Waals surface area contributed by atoms with Crippen LogP contribution < -0.4 is 10.2 Å². The van der Waals surface area contributed by atoms with Crippen LogP contribution in [0.3, 0.4) is 0 Å². The molecule has 0 unspecified atom stereocenters. The number of benzene rings is 1. The molecule has 0 spiro atoms. The van der Waals surface area contributed by atoms with Gasteiger partial charge in [0.2, 0.25) is 0 Å². The van der Waals surface area contributed by atoms with E-state index in [1.807, 2.05) is 24.3 Å². The second-order valence-corrected chi connectivity index (χ2v) is 7.81. The zero-order valence-electron chi connectivity index (χ0n) is 18.1. The lowest BCUT2D eigenvalue weighted by atomic mass is 10.0. The molecule has 4 N–H and O–H groups in total. The fraction of sp³-hybridized carbons (Fsp3) is 0.320. The summed E-state index contributed by atoms with van der Waals surface area (Å²) in [6.07, 6.45) is 7.23. The number of nitrogens with one attached hydrogen (secondary N) is 1. The number of hydrogen-bond acceptors (Lipinski definition) is 4. The van der Waals surface area contributed by atoms with Crippen molar-refractivity contribution in [3.8, 4) is 11.3 Å². The summed E-state index contributed by atoms with van der Waals surface area (Å²) in [4.78, 5) is 23.9. The molecule has 3 aromatic rings. The summed E-state index contributed by atoms with van der Waals surface area (Å²) in [5.74, 6) is 1.26. The van der Waals surface area contributed by atoms with E-state index in [2.05, 4.69) is 34.6 Å². The lowest BCUT2D eigenvalue weighted by molar-refractivity contribution is 0.256. The Morgan fingerprint density at radius 2 is 1.97 bits per heavy atom. The molecule has 0 atom stereocenters. The van der Waals surface area contributed by atoms with Gasteiger partial charge in [0.15, 0.2) is 0 Å². The number of aromatic nitrogens is 2. The van der Waals surface area contributed by atoms with Gasteiger partial charge in [0, 0.05) is 24.9 Å². The third-order valence-electron chi connectivity index (χ3n) is 5.53. The maximum Gasteiger partial charge on any atom is 0.328 e. The van der Waals surface area contributed by atoms with Crippen LogP contribution in [-0.2, 0) is 12.8 Å². The first-order valence-corrected chi connectivity index (χ1v) is 10.9. The maximum atomic E-state index is 13.0. The Kier molecular flexibility index (Phi) is 8.30. The molecule has 7 heteroatoms. The fourth-order valence-electron chi connectivity index (χ4n) is 3.90. The van der Waals surface area contributed by atoms with E-state index in [0.29, 0.717) is 12.4 Å². The molecule has 0 saturated heterocycles. The lowest BCUT2D eigenvalue weighted by Gasteiger charge is -2.22. The maximum absolute atomic E-state index is 13.0. The highest BCUT2D eigenvalue weighted by Crippen LogP contribution is 2.29. The zero-order valence-corrected chi connectivity index (χ0v) is 18.1. The molecule has 2 aromatic heterocycles. The first kappa shape index (κ1) is 23.4. The number of amides is 2. The first-order valence-electron chi connectivity index (χ1n) is 10.9. The molecule has 0 radical (unpaired) electrons. The molecule has 7 nitrogen and oxygen atoms in total. The minimum atomic E-state index is -0.204. The smallest absolute Gasteiger partial charge is 0.328 e. The van der Waals surface area contributed by atoms with Gasteiger partial charge in [0.05, 0.1) is 5.69 Å². The summed E-state index contributed by atoms with van der Waals surface area (Å²) in [5.41, 5.74) is 4.22. The second-order valence-electron chi connectivity index (χ2n) is 7.81. The van der Waals surface area contributed by atoms with Crippen molar-refractivity contribution in [3.05, 3.63) is 71.9 Å². The summed E-state index contributed by atoms with van der Waals surface area (Å²) in [6, 6.07) is 17.8. The van der Waals surface area contributed by atoms with Crippen LogP contribution in [-0.4, -0.2) is 39.7 Å². The molecule has 1 aliphatic heterocycles. The minimum absolute atomic E-state index is 0. The van der Waals surface area contributed by atoms with Gasteiger partial charge in [-0.2, -0.15) is 0 Å². The fourth-order valence-corrected chi connectivity index (χ4v) is 3.90. The van der Waals surface area contributed by atoms with E-state index in [4.69, 9.17) is 10.1 Å². The Balaban J connectivity index is 0.00000289. The molecule has 0 saturated carbocycles. The van der Waals surface area contributed by atoms with Crippen molar-refractivity contribution in [1.82, 2.24) is 9.97 Å². The van der Waals surface area contributed by atoms with Gasteiger partial charge in [-0.15, -0.1) is 0 Å². The number of anilines is 2. The van der Waals surface area contributed by atoms with E-state index < -0.39 is 0 Å². The molecule has 3 heterocycles. The molecular weight excluding hydrogens is 404 g/mol. The van der Waals surface area contributed by atoms with Crippen LogP contribution in [0.5, 0.6) is 0 Å². The highest BCUT2D eigenvalue weighted by molar-refractivity contribution is 6.01. The number of urea groups is 1. The van der Waals surface area contributed by atoms with Gasteiger partial charge in [-0.25, -0.2) is 14.8 Å². The lowest BCUT2D eigenvalue weighted by Crippen LogP contribution is -2.36. The Morgan fingerprint density at radius 1 is 1.06 bits per heavy atom. The number of rotatable bonds is 6. The van der Waals surface area contributed by atoms with Gasteiger partial charge < -0.3 is 10.6 Å². The number of pyridine rings is 2. The SMILES string of the molecule is O.O=C(Nc1ccccn1)N1CCCCc2ccc(-c3cccc(CCCCO)c3)nc21. The van der Waals surface area contributed by atoms with Crippen LogP contribution in [0.1, 0.15) is 36.8 Å².